The van der Waals surface area contributed by atoms with Crippen molar-refractivity contribution in [3.05, 3.63) is 54.3 Å². The van der Waals surface area contributed by atoms with Gasteiger partial charge in [0.1, 0.15) is 5.52 Å². The van der Waals surface area contributed by atoms with E-state index in [4.69, 9.17) is 9.15 Å². The first kappa shape index (κ1) is 18.8. The van der Waals surface area contributed by atoms with Gasteiger partial charge in [-0.3, -0.25) is 9.59 Å². The molecular formula is C22H21N3O5. The number of carbonyl (C=O) groups excluding carboxylic acids is 2. The maximum atomic E-state index is 12.9. The fourth-order valence-electron chi connectivity index (χ4n) is 3.81. The zero-order valence-electron chi connectivity index (χ0n) is 16.3. The van der Waals surface area contributed by atoms with E-state index in [2.05, 4.69) is 4.98 Å². The molecule has 3 aromatic rings. The highest BCUT2D eigenvalue weighted by Crippen LogP contribution is 2.23. The van der Waals surface area contributed by atoms with Gasteiger partial charge in [-0.05, 0) is 24.3 Å². The largest absolute Gasteiger partial charge is 0.463 e. The molecule has 5 rings (SSSR count). The van der Waals surface area contributed by atoms with Gasteiger partial charge in [0.2, 0.25) is 0 Å². The van der Waals surface area contributed by atoms with Crippen LogP contribution in [0.15, 0.2) is 53.1 Å². The summed E-state index contributed by atoms with van der Waals surface area (Å²) in [5.74, 6) is -0.384. The van der Waals surface area contributed by atoms with E-state index < -0.39 is 5.60 Å². The number of carbonyl (C=O) groups is 2. The highest BCUT2D eigenvalue weighted by molar-refractivity contribution is 5.95. The van der Waals surface area contributed by atoms with Gasteiger partial charge in [0.25, 0.3) is 11.8 Å². The molecule has 0 saturated carbocycles. The number of hydrogen-bond donors (Lipinski definition) is 1. The van der Waals surface area contributed by atoms with Crippen molar-refractivity contribution in [3.63, 3.8) is 0 Å². The molecule has 1 aromatic carbocycles. The van der Waals surface area contributed by atoms with Gasteiger partial charge in [-0.25, -0.2) is 4.98 Å². The molecule has 0 atom stereocenters. The molecule has 30 heavy (non-hydrogen) atoms. The lowest BCUT2D eigenvalue weighted by Crippen LogP contribution is -2.64. The Labute approximate surface area is 172 Å². The number of hydrogen-bond acceptors (Lipinski definition) is 6. The van der Waals surface area contributed by atoms with Crippen LogP contribution in [-0.2, 0) is 9.53 Å². The van der Waals surface area contributed by atoms with E-state index in [0.717, 1.165) is 22.4 Å². The quantitative estimate of drug-likeness (QED) is 0.708. The average Bonchev–Trinajstić information content (AvgIpc) is 3.24. The lowest BCUT2D eigenvalue weighted by molar-refractivity contribution is -0.201. The van der Waals surface area contributed by atoms with Crippen molar-refractivity contribution >= 4 is 22.9 Å². The zero-order chi connectivity index (χ0) is 20.7. The van der Waals surface area contributed by atoms with Crippen molar-refractivity contribution in [2.24, 2.45) is 0 Å². The number of ether oxygens (including phenoxy) is 1. The summed E-state index contributed by atoms with van der Waals surface area (Å²) < 4.78 is 10.3. The Morgan fingerprint density at radius 1 is 0.933 bits per heavy atom. The number of aromatic nitrogens is 1. The Balaban J connectivity index is 1.24. The molecule has 154 valence electrons. The van der Waals surface area contributed by atoms with Crippen molar-refractivity contribution in [3.8, 4) is 11.3 Å². The molecule has 2 amide bonds. The van der Waals surface area contributed by atoms with Gasteiger partial charge in [0.15, 0.2) is 11.2 Å². The molecule has 0 spiro atoms. The van der Waals surface area contributed by atoms with Crippen LogP contribution in [0.25, 0.3) is 22.4 Å². The van der Waals surface area contributed by atoms with E-state index >= 15 is 0 Å². The third-order valence-electron chi connectivity index (χ3n) is 5.67. The fraction of sp³-hybridized carbons (Fsp3) is 0.318. The smallest absolute Gasteiger partial charge is 0.259 e. The van der Waals surface area contributed by atoms with Crippen LogP contribution >= 0.6 is 0 Å². The van der Waals surface area contributed by atoms with Crippen molar-refractivity contribution in [1.82, 2.24) is 14.8 Å². The van der Waals surface area contributed by atoms with Gasteiger partial charge in [0, 0.05) is 43.4 Å². The number of furan rings is 1. The second-order valence-electron chi connectivity index (χ2n) is 7.69. The summed E-state index contributed by atoms with van der Waals surface area (Å²) in [6.07, 6.45) is 1.61. The SMILES string of the molecule is O=C(c1ccc(-c2ccc3occc3n2)cc1)N1CCN(C(=O)C2(O)COC2)CC1. The average molecular weight is 407 g/mol. The number of piperazine rings is 1. The zero-order valence-corrected chi connectivity index (χ0v) is 16.3. The molecule has 8 heteroatoms. The Morgan fingerprint density at radius 3 is 2.30 bits per heavy atom. The number of aliphatic hydroxyl groups is 1. The van der Waals surface area contributed by atoms with E-state index in [1.165, 1.54) is 0 Å². The molecule has 1 N–H and O–H groups in total. The molecule has 2 fully saturated rings. The number of rotatable bonds is 3. The van der Waals surface area contributed by atoms with Crippen LogP contribution < -0.4 is 0 Å². The lowest BCUT2D eigenvalue weighted by Gasteiger charge is -2.42. The Bertz CT molecular complexity index is 1100. The highest BCUT2D eigenvalue weighted by atomic mass is 16.5. The molecule has 2 aliphatic rings. The maximum Gasteiger partial charge on any atom is 0.259 e. The topological polar surface area (TPSA) is 96.1 Å². The van der Waals surface area contributed by atoms with Crippen molar-refractivity contribution in [1.29, 1.82) is 0 Å². The molecular weight excluding hydrogens is 386 g/mol. The summed E-state index contributed by atoms with van der Waals surface area (Å²) in [6, 6.07) is 12.9. The maximum absolute atomic E-state index is 12.9. The van der Waals surface area contributed by atoms with Gasteiger partial charge in [-0.2, -0.15) is 0 Å². The normalized spacial score (nSPS) is 18.3. The first-order valence-electron chi connectivity index (χ1n) is 9.87. The third kappa shape index (κ3) is 3.24. The molecule has 2 aromatic heterocycles. The summed E-state index contributed by atoms with van der Waals surface area (Å²) in [5, 5.41) is 10.1. The minimum Gasteiger partial charge on any atom is -0.463 e. The molecule has 0 aliphatic carbocycles. The van der Waals surface area contributed by atoms with Crippen molar-refractivity contribution in [2.75, 3.05) is 39.4 Å². The van der Waals surface area contributed by atoms with Gasteiger partial charge in [-0.15, -0.1) is 0 Å². The summed E-state index contributed by atoms with van der Waals surface area (Å²) in [6.45, 7) is 1.75. The molecule has 0 unspecified atom stereocenters. The minimum atomic E-state index is -1.39. The number of pyridine rings is 1. The molecule has 0 radical (unpaired) electrons. The molecule has 2 aliphatic heterocycles. The van der Waals surface area contributed by atoms with E-state index in [-0.39, 0.29) is 25.0 Å². The van der Waals surface area contributed by atoms with Gasteiger partial charge in [-0.1, -0.05) is 12.1 Å². The number of fused-ring (bicyclic) bond motifs is 1. The van der Waals surface area contributed by atoms with Crippen LogP contribution in [0.2, 0.25) is 0 Å². The van der Waals surface area contributed by atoms with Crippen LogP contribution in [0.5, 0.6) is 0 Å². The lowest BCUT2D eigenvalue weighted by atomic mass is 10.00. The van der Waals surface area contributed by atoms with Crippen LogP contribution in [0.1, 0.15) is 10.4 Å². The minimum absolute atomic E-state index is 0.0414. The fourth-order valence-corrected chi connectivity index (χ4v) is 3.81. The molecule has 0 bridgehead atoms. The molecule has 8 nitrogen and oxygen atoms in total. The standard InChI is InChI=1S/C22H21N3O5/c26-20(24-8-10-25(11-9-24)21(27)22(28)13-29-14-22)16-3-1-15(2-4-16)17-5-6-19-18(23-17)7-12-30-19/h1-7,12,28H,8-11,13-14H2. The predicted molar refractivity (Wildman–Crippen MR) is 108 cm³/mol. The predicted octanol–water partition coefficient (Wildman–Crippen LogP) is 1.54. The summed E-state index contributed by atoms with van der Waals surface area (Å²) >= 11 is 0. The van der Waals surface area contributed by atoms with Crippen LogP contribution in [0, 0.1) is 0 Å². The Kier molecular flexibility index (Phi) is 4.52. The number of benzene rings is 1. The van der Waals surface area contributed by atoms with Crippen LogP contribution in [-0.4, -0.2) is 76.7 Å². The highest BCUT2D eigenvalue weighted by Gasteiger charge is 2.46. The first-order valence-corrected chi connectivity index (χ1v) is 9.87. The molecule has 2 saturated heterocycles. The second kappa shape index (κ2) is 7.23. The van der Waals surface area contributed by atoms with Gasteiger partial charge >= 0.3 is 0 Å². The third-order valence-corrected chi connectivity index (χ3v) is 5.67. The first-order chi connectivity index (χ1) is 14.5. The van der Waals surface area contributed by atoms with Gasteiger partial charge in [0.05, 0.1) is 25.2 Å². The van der Waals surface area contributed by atoms with Crippen molar-refractivity contribution in [2.45, 2.75) is 5.60 Å². The van der Waals surface area contributed by atoms with Gasteiger partial charge < -0.3 is 24.1 Å². The number of amides is 2. The van der Waals surface area contributed by atoms with E-state index in [9.17, 15) is 14.7 Å². The van der Waals surface area contributed by atoms with Crippen LogP contribution in [0.3, 0.4) is 0 Å². The van der Waals surface area contributed by atoms with Crippen molar-refractivity contribution < 1.29 is 23.8 Å². The molecule has 4 heterocycles. The van der Waals surface area contributed by atoms with E-state index in [1.54, 1.807) is 28.2 Å². The summed E-state index contributed by atoms with van der Waals surface area (Å²) in [7, 11) is 0. The Morgan fingerprint density at radius 2 is 1.63 bits per heavy atom. The summed E-state index contributed by atoms with van der Waals surface area (Å²) in [5.41, 5.74) is 2.46. The second-order valence-corrected chi connectivity index (χ2v) is 7.69. The van der Waals surface area contributed by atoms with E-state index in [1.807, 2.05) is 30.3 Å². The summed E-state index contributed by atoms with van der Waals surface area (Å²) in [4.78, 5) is 33.1. The Hall–Kier alpha value is -3.23. The number of nitrogens with zero attached hydrogens (tertiary/aromatic N) is 3. The van der Waals surface area contributed by atoms with Crippen LogP contribution in [0.4, 0.5) is 0 Å². The monoisotopic (exact) mass is 407 g/mol. The van der Waals surface area contributed by atoms with E-state index in [0.29, 0.717) is 31.7 Å².